The first-order valence-electron chi connectivity index (χ1n) is 8.66. The van der Waals surface area contributed by atoms with Gasteiger partial charge in [-0.05, 0) is 56.2 Å². The van der Waals surface area contributed by atoms with Crippen molar-refractivity contribution in [3.8, 4) is 0 Å². The third kappa shape index (κ3) is 3.82. The molecule has 4 nitrogen and oxygen atoms in total. The Kier molecular flexibility index (Phi) is 4.85. The van der Waals surface area contributed by atoms with Gasteiger partial charge in [-0.25, -0.2) is 9.97 Å². The molecule has 27 heavy (non-hydrogen) atoms. The molecule has 2 aromatic carbocycles. The van der Waals surface area contributed by atoms with Crippen LogP contribution < -0.4 is 5.32 Å². The number of hydrogen-bond donors (Lipinski definition) is 1. The zero-order valence-electron chi connectivity index (χ0n) is 15.4. The van der Waals surface area contributed by atoms with Crippen molar-refractivity contribution in [3.63, 3.8) is 0 Å². The molecule has 4 aromatic rings. The Morgan fingerprint density at radius 3 is 2.70 bits per heavy atom. The number of fused-ring (bicyclic) bond motifs is 2. The number of thiazole rings is 1. The van der Waals surface area contributed by atoms with Crippen molar-refractivity contribution in [2.75, 3.05) is 11.1 Å². The van der Waals surface area contributed by atoms with Gasteiger partial charge < -0.3 is 5.32 Å². The van der Waals surface area contributed by atoms with Gasteiger partial charge in [-0.15, -0.1) is 0 Å². The summed E-state index contributed by atoms with van der Waals surface area (Å²) in [6, 6.07) is 14.2. The van der Waals surface area contributed by atoms with E-state index in [0.29, 0.717) is 10.9 Å². The number of aromatic nitrogens is 2. The van der Waals surface area contributed by atoms with Crippen molar-refractivity contribution in [1.29, 1.82) is 0 Å². The lowest BCUT2D eigenvalue weighted by Crippen LogP contribution is -2.13. The van der Waals surface area contributed by atoms with Gasteiger partial charge in [0.05, 0.1) is 26.5 Å². The molecule has 0 fully saturated rings. The maximum absolute atomic E-state index is 12.3. The van der Waals surface area contributed by atoms with Crippen molar-refractivity contribution in [2.45, 2.75) is 25.8 Å². The Morgan fingerprint density at radius 2 is 1.89 bits per heavy atom. The van der Waals surface area contributed by atoms with E-state index in [2.05, 4.69) is 49.3 Å². The molecule has 0 aliphatic rings. The van der Waals surface area contributed by atoms with Crippen LogP contribution in [-0.4, -0.2) is 21.6 Å². The second kappa shape index (κ2) is 7.29. The molecule has 2 aromatic heterocycles. The molecule has 1 amide bonds. The first-order valence-corrected chi connectivity index (χ1v) is 10.5. The number of aryl methyl sites for hydroxylation is 3. The van der Waals surface area contributed by atoms with Crippen LogP contribution in [0.25, 0.3) is 21.1 Å². The number of nitrogens with one attached hydrogen (secondary N) is 1. The van der Waals surface area contributed by atoms with Crippen LogP contribution in [-0.2, 0) is 4.79 Å². The van der Waals surface area contributed by atoms with E-state index in [1.54, 1.807) is 0 Å². The normalized spacial score (nSPS) is 11.2. The number of anilines is 1. The number of para-hydroxylation sites is 1. The minimum absolute atomic E-state index is 0.0702. The van der Waals surface area contributed by atoms with Crippen LogP contribution in [0.3, 0.4) is 0 Å². The first-order chi connectivity index (χ1) is 13.0. The largest absolute Gasteiger partial charge is 0.301 e. The number of pyridine rings is 1. The van der Waals surface area contributed by atoms with Crippen molar-refractivity contribution in [3.05, 3.63) is 59.2 Å². The van der Waals surface area contributed by atoms with Gasteiger partial charge >= 0.3 is 0 Å². The number of hydrogen-bond acceptors (Lipinski definition) is 5. The zero-order chi connectivity index (χ0) is 19.0. The summed E-state index contributed by atoms with van der Waals surface area (Å²) in [6.45, 7) is 6.27. The molecule has 2 heterocycles. The Balaban J connectivity index is 1.48. The first kappa shape index (κ1) is 17.9. The summed E-state index contributed by atoms with van der Waals surface area (Å²) in [5, 5.41) is 5.57. The monoisotopic (exact) mass is 393 g/mol. The minimum Gasteiger partial charge on any atom is -0.301 e. The molecule has 0 spiro atoms. The van der Waals surface area contributed by atoms with Crippen LogP contribution in [0.15, 0.2) is 47.5 Å². The third-order valence-corrected chi connectivity index (χ3v) is 6.19. The van der Waals surface area contributed by atoms with Gasteiger partial charge in [-0.3, -0.25) is 4.79 Å². The minimum atomic E-state index is -0.0702. The van der Waals surface area contributed by atoms with E-state index in [9.17, 15) is 4.79 Å². The number of thioether (sulfide) groups is 1. The molecule has 0 atom stereocenters. The van der Waals surface area contributed by atoms with Crippen molar-refractivity contribution in [2.24, 2.45) is 0 Å². The summed E-state index contributed by atoms with van der Waals surface area (Å²) in [7, 11) is 0. The summed E-state index contributed by atoms with van der Waals surface area (Å²) >= 11 is 2.94. The molecule has 0 aliphatic carbocycles. The second-order valence-electron chi connectivity index (χ2n) is 6.58. The van der Waals surface area contributed by atoms with Gasteiger partial charge in [0, 0.05) is 5.39 Å². The van der Waals surface area contributed by atoms with E-state index in [-0.39, 0.29) is 5.91 Å². The highest BCUT2D eigenvalue weighted by Gasteiger charge is 2.11. The van der Waals surface area contributed by atoms with E-state index in [1.807, 2.05) is 24.3 Å². The molecule has 1 N–H and O–H groups in total. The predicted octanol–water partition coefficient (Wildman–Crippen LogP) is 5.50. The van der Waals surface area contributed by atoms with Crippen molar-refractivity contribution >= 4 is 55.3 Å². The smallest absolute Gasteiger partial charge is 0.236 e. The lowest BCUT2D eigenvalue weighted by atomic mass is 10.0. The molecule has 0 saturated heterocycles. The van der Waals surface area contributed by atoms with Gasteiger partial charge in [0.2, 0.25) is 5.91 Å². The average molecular weight is 394 g/mol. The van der Waals surface area contributed by atoms with Crippen LogP contribution in [0.4, 0.5) is 5.13 Å². The summed E-state index contributed by atoms with van der Waals surface area (Å²) in [4.78, 5) is 21.5. The molecular formula is C21H19N3OS2. The Labute approximate surface area is 166 Å². The number of benzene rings is 2. The fraction of sp³-hybridized carbons (Fsp3) is 0.190. The Hall–Kier alpha value is -2.44. The maximum Gasteiger partial charge on any atom is 0.236 e. The lowest BCUT2D eigenvalue weighted by Gasteiger charge is -2.09. The molecule has 0 bridgehead atoms. The quantitative estimate of drug-likeness (QED) is 0.465. The van der Waals surface area contributed by atoms with Gasteiger partial charge in [0.15, 0.2) is 5.13 Å². The number of carbonyl (C=O) groups is 1. The predicted molar refractivity (Wildman–Crippen MR) is 115 cm³/mol. The van der Waals surface area contributed by atoms with Gasteiger partial charge in [0.1, 0.15) is 0 Å². The Morgan fingerprint density at radius 1 is 1.07 bits per heavy atom. The summed E-state index contributed by atoms with van der Waals surface area (Å²) in [6.07, 6.45) is 0. The summed E-state index contributed by atoms with van der Waals surface area (Å²) in [5.41, 5.74) is 5.49. The van der Waals surface area contributed by atoms with E-state index in [0.717, 1.165) is 26.3 Å². The van der Waals surface area contributed by atoms with E-state index >= 15 is 0 Å². The van der Waals surface area contributed by atoms with Crippen LogP contribution in [0.2, 0.25) is 0 Å². The maximum atomic E-state index is 12.3. The number of rotatable bonds is 4. The highest BCUT2D eigenvalue weighted by molar-refractivity contribution is 7.99. The highest BCUT2D eigenvalue weighted by atomic mass is 32.2. The summed E-state index contributed by atoms with van der Waals surface area (Å²) < 4.78 is 1.07. The van der Waals surface area contributed by atoms with E-state index in [1.165, 1.54) is 39.6 Å². The van der Waals surface area contributed by atoms with E-state index in [4.69, 9.17) is 4.98 Å². The fourth-order valence-electron chi connectivity index (χ4n) is 3.11. The van der Waals surface area contributed by atoms with Crippen molar-refractivity contribution < 1.29 is 4.79 Å². The molecule has 0 saturated carbocycles. The zero-order valence-corrected chi connectivity index (χ0v) is 17.0. The molecule has 136 valence electrons. The van der Waals surface area contributed by atoms with Gasteiger partial charge in [-0.1, -0.05) is 46.9 Å². The molecule has 6 heteroatoms. The average Bonchev–Trinajstić information content (AvgIpc) is 3.03. The van der Waals surface area contributed by atoms with Crippen molar-refractivity contribution in [1.82, 2.24) is 9.97 Å². The fourth-order valence-corrected chi connectivity index (χ4v) is 4.76. The highest BCUT2D eigenvalue weighted by Crippen LogP contribution is 2.28. The molecule has 0 aliphatic heterocycles. The molecule has 4 rings (SSSR count). The van der Waals surface area contributed by atoms with Gasteiger partial charge in [0.25, 0.3) is 0 Å². The lowest BCUT2D eigenvalue weighted by molar-refractivity contribution is -0.113. The van der Waals surface area contributed by atoms with Gasteiger partial charge in [-0.2, -0.15) is 0 Å². The van der Waals surface area contributed by atoms with Crippen LogP contribution in [0, 0.1) is 20.8 Å². The second-order valence-corrected chi connectivity index (χ2v) is 8.61. The SMILES string of the molecule is Cc1cc(C)c2nc(SCC(=O)Nc3nc4ccccc4s3)cc(C)c2c1. The topological polar surface area (TPSA) is 54.9 Å². The standard InChI is InChI=1S/C21H19N3OS2/c1-12-8-14(3)20-15(9-12)13(2)10-19(24-20)26-11-18(25)23-21-22-16-6-4-5-7-17(16)27-21/h4-10H,11H2,1-3H3,(H,22,23,25). The molecule has 0 radical (unpaired) electrons. The van der Waals surface area contributed by atoms with Crippen LogP contribution in [0.5, 0.6) is 0 Å². The number of amides is 1. The molecular weight excluding hydrogens is 374 g/mol. The number of nitrogens with zero attached hydrogens (tertiary/aromatic N) is 2. The Bertz CT molecular complexity index is 1130. The number of carbonyl (C=O) groups excluding carboxylic acids is 1. The van der Waals surface area contributed by atoms with E-state index < -0.39 is 0 Å². The van der Waals surface area contributed by atoms with Crippen LogP contribution in [0.1, 0.15) is 16.7 Å². The molecule has 0 unspecified atom stereocenters. The summed E-state index contributed by atoms with van der Waals surface area (Å²) in [5.74, 6) is 0.234. The van der Waals surface area contributed by atoms with Crippen LogP contribution >= 0.6 is 23.1 Å². The third-order valence-electron chi connectivity index (χ3n) is 4.32.